The lowest BCUT2D eigenvalue weighted by atomic mass is 9.90. The third kappa shape index (κ3) is 4.61. The van der Waals surface area contributed by atoms with Gasteiger partial charge in [0.1, 0.15) is 11.9 Å². The largest absolute Gasteiger partial charge is 0.444 e. The maximum atomic E-state index is 12.2. The fourth-order valence-electron chi connectivity index (χ4n) is 3.82. The molecule has 0 saturated carbocycles. The van der Waals surface area contributed by atoms with Crippen molar-refractivity contribution in [3.8, 4) is 11.1 Å². The van der Waals surface area contributed by atoms with Crippen molar-refractivity contribution in [3.63, 3.8) is 0 Å². The van der Waals surface area contributed by atoms with E-state index in [1.165, 1.54) is 0 Å². The Morgan fingerprint density at radius 3 is 2.59 bits per heavy atom. The molecule has 0 radical (unpaired) electrons. The maximum Gasteiger partial charge on any atom is 0.408 e. The number of hydrogen-bond donors (Lipinski definition) is 1. The molecule has 170 valence electrons. The lowest BCUT2D eigenvalue weighted by Crippen LogP contribution is -2.54. The lowest BCUT2D eigenvalue weighted by Gasteiger charge is -2.40. The van der Waals surface area contributed by atoms with Gasteiger partial charge in [-0.1, -0.05) is 35.3 Å². The number of alkyl carbamates (subject to hydrolysis) is 1. The summed E-state index contributed by atoms with van der Waals surface area (Å²) in [6, 6.07) is 5.47. The molecule has 2 aromatic heterocycles. The van der Waals surface area contributed by atoms with Crippen LogP contribution in [-0.4, -0.2) is 49.9 Å². The van der Waals surface area contributed by atoms with Crippen molar-refractivity contribution in [3.05, 3.63) is 40.8 Å². The van der Waals surface area contributed by atoms with Gasteiger partial charge in [0, 0.05) is 36.0 Å². The van der Waals surface area contributed by atoms with E-state index in [2.05, 4.69) is 20.4 Å². The zero-order valence-electron chi connectivity index (χ0n) is 18.5. The number of carbonyl (C=O) groups is 1. The van der Waals surface area contributed by atoms with Crippen LogP contribution in [0.3, 0.4) is 0 Å². The zero-order chi connectivity index (χ0) is 23.1. The van der Waals surface area contributed by atoms with Crippen molar-refractivity contribution in [1.29, 1.82) is 0 Å². The minimum absolute atomic E-state index is 0.348. The number of nitrogens with one attached hydrogen (secondary N) is 1. The van der Waals surface area contributed by atoms with Crippen molar-refractivity contribution < 1.29 is 9.53 Å². The molecule has 1 fully saturated rings. The van der Waals surface area contributed by atoms with E-state index in [-0.39, 0.29) is 5.54 Å². The second-order valence-electron chi connectivity index (χ2n) is 9.27. The molecule has 0 atom stereocenters. The van der Waals surface area contributed by atoms with E-state index in [0.717, 1.165) is 29.9 Å². The average Bonchev–Trinajstić information content (AvgIpc) is 3.18. The molecule has 0 unspecified atom stereocenters. The summed E-state index contributed by atoms with van der Waals surface area (Å²) in [6.07, 6.45) is 4.50. The van der Waals surface area contributed by atoms with Gasteiger partial charge >= 0.3 is 6.09 Å². The number of nitrogens with zero attached hydrogens (tertiary/aromatic N) is 5. The van der Waals surface area contributed by atoms with Crippen LogP contribution in [0.2, 0.25) is 10.0 Å². The van der Waals surface area contributed by atoms with Crippen molar-refractivity contribution in [2.45, 2.75) is 51.7 Å². The Balaban J connectivity index is 1.54. The van der Waals surface area contributed by atoms with Gasteiger partial charge in [-0.2, -0.15) is 0 Å². The second-order valence-corrected chi connectivity index (χ2v) is 10.1. The molecule has 1 aromatic carbocycles. The number of amides is 1. The lowest BCUT2D eigenvalue weighted by molar-refractivity contribution is 0.0448. The zero-order valence-corrected chi connectivity index (χ0v) is 20.0. The summed E-state index contributed by atoms with van der Waals surface area (Å²) in [5, 5.41) is 12.3. The first-order valence-electron chi connectivity index (χ1n) is 10.5. The van der Waals surface area contributed by atoms with E-state index in [9.17, 15) is 4.79 Å². The Kier molecular flexibility index (Phi) is 5.94. The third-order valence-electron chi connectivity index (χ3n) is 5.51. The SMILES string of the molecule is CC1(NC(=O)OC(C)(C)C)CCN(c2ncc(-c3cccc(Cl)c3Cl)c3nncn23)CC1. The average molecular weight is 477 g/mol. The monoisotopic (exact) mass is 476 g/mol. The summed E-state index contributed by atoms with van der Waals surface area (Å²) in [6.45, 7) is 9.03. The molecule has 4 rings (SSSR count). The Morgan fingerprint density at radius 2 is 1.91 bits per heavy atom. The summed E-state index contributed by atoms with van der Waals surface area (Å²) < 4.78 is 7.28. The number of benzene rings is 1. The highest BCUT2D eigenvalue weighted by Gasteiger charge is 2.34. The standard InChI is InChI=1S/C22H26Cl2N6O2/c1-21(2,3)32-20(31)27-22(4)8-10-29(11-9-22)19-25-12-15(18-28-26-13-30(18)19)14-6-5-7-16(23)17(14)24/h5-7,12-13H,8-11H2,1-4H3,(H,27,31). The van der Waals surface area contributed by atoms with Crippen molar-refractivity contribution in [2.24, 2.45) is 0 Å². The van der Waals surface area contributed by atoms with Gasteiger partial charge in [0.2, 0.25) is 5.95 Å². The van der Waals surface area contributed by atoms with Crippen molar-refractivity contribution in [2.75, 3.05) is 18.0 Å². The molecule has 1 aliphatic rings. The molecular formula is C22H26Cl2N6O2. The molecule has 1 amide bonds. The fraction of sp³-hybridized carbons (Fsp3) is 0.455. The smallest absolute Gasteiger partial charge is 0.408 e. The van der Waals surface area contributed by atoms with Gasteiger partial charge in [0.25, 0.3) is 0 Å². The summed E-state index contributed by atoms with van der Waals surface area (Å²) >= 11 is 12.6. The Bertz CT molecular complexity index is 1150. The van der Waals surface area contributed by atoms with Gasteiger partial charge in [-0.3, -0.25) is 4.40 Å². The number of rotatable bonds is 3. The molecule has 1 saturated heterocycles. The van der Waals surface area contributed by atoms with Crippen molar-refractivity contribution in [1.82, 2.24) is 24.9 Å². The van der Waals surface area contributed by atoms with E-state index in [1.807, 2.05) is 44.2 Å². The van der Waals surface area contributed by atoms with E-state index in [4.69, 9.17) is 32.9 Å². The van der Waals surface area contributed by atoms with Crippen LogP contribution in [-0.2, 0) is 4.74 Å². The van der Waals surface area contributed by atoms with Crippen LogP contribution < -0.4 is 10.2 Å². The van der Waals surface area contributed by atoms with E-state index in [0.29, 0.717) is 28.8 Å². The molecule has 8 nitrogen and oxygen atoms in total. The molecule has 3 aromatic rings. The van der Waals surface area contributed by atoms with E-state index < -0.39 is 11.7 Å². The van der Waals surface area contributed by atoms with Crippen molar-refractivity contribution >= 4 is 40.9 Å². The molecular weight excluding hydrogens is 451 g/mol. The van der Waals surface area contributed by atoms with Gasteiger partial charge in [-0.05, 0) is 46.6 Å². The molecule has 1 aliphatic heterocycles. The Labute approximate surface area is 196 Å². The summed E-state index contributed by atoms with van der Waals surface area (Å²) in [5.74, 6) is 0.742. The molecule has 0 spiro atoms. The van der Waals surface area contributed by atoms with Gasteiger partial charge in [-0.25, -0.2) is 9.78 Å². The third-order valence-corrected chi connectivity index (χ3v) is 6.33. The van der Waals surface area contributed by atoms with Crippen LogP contribution in [0.15, 0.2) is 30.7 Å². The molecule has 0 bridgehead atoms. The normalized spacial score (nSPS) is 16.2. The van der Waals surface area contributed by atoms with E-state index >= 15 is 0 Å². The highest BCUT2D eigenvalue weighted by atomic mass is 35.5. The van der Waals surface area contributed by atoms with Crippen LogP contribution in [0.1, 0.15) is 40.5 Å². The topological polar surface area (TPSA) is 84.6 Å². The summed E-state index contributed by atoms with van der Waals surface area (Å²) in [5.41, 5.74) is 1.29. The highest BCUT2D eigenvalue weighted by molar-refractivity contribution is 6.43. The number of carbonyl (C=O) groups excluding carboxylic acids is 1. The van der Waals surface area contributed by atoms with Gasteiger partial charge in [0.15, 0.2) is 5.65 Å². The fourth-order valence-corrected chi connectivity index (χ4v) is 4.22. The van der Waals surface area contributed by atoms with Gasteiger partial charge in [-0.15, -0.1) is 10.2 Å². The minimum atomic E-state index is -0.529. The van der Waals surface area contributed by atoms with Crippen LogP contribution in [0, 0.1) is 0 Å². The minimum Gasteiger partial charge on any atom is -0.444 e. The maximum absolute atomic E-state index is 12.2. The first kappa shape index (κ1) is 22.6. The van der Waals surface area contributed by atoms with Gasteiger partial charge < -0.3 is 15.0 Å². The Morgan fingerprint density at radius 1 is 1.19 bits per heavy atom. The number of halogens is 2. The first-order chi connectivity index (χ1) is 15.1. The van der Waals surface area contributed by atoms with Crippen LogP contribution in [0.25, 0.3) is 16.8 Å². The Hall–Kier alpha value is -2.58. The van der Waals surface area contributed by atoms with Gasteiger partial charge in [0.05, 0.1) is 10.0 Å². The molecule has 10 heteroatoms. The predicted molar refractivity (Wildman–Crippen MR) is 125 cm³/mol. The number of anilines is 1. The molecule has 1 N–H and O–H groups in total. The molecule has 32 heavy (non-hydrogen) atoms. The first-order valence-corrected chi connectivity index (χ1v) is 11.2. The van der Waals surface area contributed by atoms with E-state index in [1.54, 1.807) is 18.6 Å². The quantitative estimate of drug-likeness (QED) is 0.573. The number of piperidine rings is 1. The highest BCUT2D eigenvalue weighted by Crippen LogP contribution is 2.36. The second kappa shape index (κ2) is 8.41. The summed E-state index contributed by atoms with van der Waals surface area (Å²) in [4.78, 5) is 19.1. The number of aromatic nitrogens is 4. The predicted octanol–water partition coefficient (Wildman–Crippen LogP) is 4.98. The number of hydrogen-bond acceptors (Lipinski definition) is 6. The molecule has 0 aliphatic carbocycles. The number of fused-ring (bicyclic) bond motifs is 1. The van der Waals surface area contributed by atoms with Crippen LogP contribution in [0.5, 0.6) is 0 Å². The summed E-state index contributed by atoms with van der Waals surface area (Å²) in [7, 11) is 0. The number of ether oxygens (including phenoxy) is 1. The van der Waals surface area contributed by atoms with Crippen LogP contribution in [0.4, 0.5) is 10.7 Å². The molecule has 3 heterocycles. The van der Waals surface area contributed by atoms with Crippen LogP contribution >= 0.6 is 23.2 Å².